The minimum Gasteiger partial charge on any atom is -0.529 e. The number of phosphoric acid groups is 2. The predicted octanol–water partition coefficient (Wildman–Crippen LogP) is 9.86. The van der Waals surface area contributed by atoms with Gasteiger partial charge in [-0.3, -0.25) is 9.79 Å². The molecule has 2 aliphatic rings. The van der Waals surface area contributed by atoms with Crippen LogP contribution >= 0.6 is 15.6 Å². The van der Waals surface area contributed by atoms with Crippen molar-refractivity contribution in [3.05, 3.63) is 115 Å². The third kappa shape index (κ3) is 10.2. The Morgan fingerprint density at radius 2 is 0.630 bits per heavy atom. The van der Waals surface area contributed by atoms with Gasteiger partial charge in [-0.25, -0.2) is 9.13 Å². The number of hydrogen-bond donors (Lipinski definition) is 3. The summed E-state index contributed by atoms with van der Waals surface area (Å²) in [5.74, 6) is 2.00. The second-order valence-corrected chi connectivity index (χ2v) is 16.1. The number of hydrogen-bond acceptors (Lipinski definition) is 7. The van der Waals surface area contributed by atoms with Gasteiger partial charge in [-0.2, -0.15) is 0 Å². The van der Waals surface area contributed by atoms with Crippen LogP contribution in [0.1, 0.15) is 122 Å². The van der Waals surface area contributed by atoms with E-state index in [1.807, 2.05) is 27.7 Å². The SMILES string of the molecule is CCc1cc(CC)c2c(c1)Cc1cc(CC)cc(CC)c1OP(=O)(O)O2.CCc1cc(CC)c2c(c1)Cc1cc(CC)cc(CC)c1OP(=O)(O)O2.[OH][Al]. The Morgan fingerprint density at radius 1 is 0.426 bits per heavy atom. The Labute approximate surface area is 330 Å². The van der Waals surface area contributed by atoms with Crippen LogP contribution in [0.3, 0.4) is 0 Å². The summed E-state index contributed by atoms with van der Waals surface area (Å²) in [5.41, 5.74) is 12.4. The van der Waals surface area contributed by atoms with E-state index in [0.29, 0.717) is 35.8 Å². The number of aryl methyl sites for hydroxylation is 8. The molecule has 0 fully saturated rings. The van der Waals surface area contributed by atoms with E-state index in [0.717, 1.165) is 95.9 Å². The van der Waals surface area contributed by atoms with Gasteiger partial charge in [0.1, 0.15) is 23.0 Å². The topological polar surface area (TPSA) is 132 Å². The Kier molecular flexibility index (Phi) is 15.5. The van der Waals surface area contributed by atoms with Crippen molar-refractivity contribution in [1.82, 2.24) is 0 Å². The maximum absolute atomic E-state index is 12.7. The molecule has 0 bridgehead atoms. The lowest BCUT2D eigenvalue weighted by Gasteiger charge is -2.26. The van der Waals surface area contributed by atoms with Crippen molar-refractivity contribution >= 4 is 32.3 Å². The van der Waals surface area contributed by atoms with Crippen molar-refractivity contribution in [3.63, 3.8) is 0 Å². The average Bonchev–Trinajstić information content (AvgIpc) is 3.16. The highest BCUT2D eigenvalue weighted by atomic mass is 31.2. The second-order valence-electron chi connectivity index (χ2n) is 13.5. The largest absolute Gasteiger partial charge is 0.584 e. The van der Waals surface area contributed by atoms with Crippen LogP contribution < -0.4 is 18.1 Å². The van der Waals surface area contributed by atoms with Gasteiger partial charge >= 0.3 is 32.3 Å². The van der Waals surface area contributed by atoms with Gasteiger partial charge in [0.2, 0.25) is 0 Å². The molecule has 6 rings (SSSR count). The van der Waals surface area contributed by atoms with Crippen molar-refractivity contribution in [2.45, 2.75) is 120 Å². The standard InChI is InChI=1S/2C21H27O4P.Al.H2O/c2*1-5-14-9-16(7-3)20-18(11-14)13-19-12-15(6-2)10-17(8-4)21(19)25-26(22,23)24-20;;/h2*9-12H,5-8,13H2,1-4H3,(H,22,23);;1H2/q;;+1;/p-1. The van der Waals surface area contributed by atoms with E-state index in [1.54, 1.807) is 0 Å². The predicted molar refractivity (Wildman–Crippen MR) is 217 cm³/mol. The molecule has 0 aliphatic carbocycles. The van der Waals surface area contributed by atoms with Gasteiger partial charge in [0.25, 0.3) is 0 Å². The molecule has 290 valence electrons. The minimum atomic E-state index is -4.25. The van der Waals surface area contributed by atoms with E-state index < -0.39 is 15.6 Å². The summed E-state index contributed by atoms with van der Waals surface area (Å²) in [5, 5.41) is 0. The van der Waals surface area contributed by atoms with Gasteiger partial charge in [0, 0.05) is 12.8 Å². The van der Waals surface area contributed by atoms with Crippen LogP contribution in [-0.4, -0.2) is 30.6 Å². The second kappa shape index (κ2) is 19.2. The zero-order valence-corrected chi connectivity index (χ0v) is 35.9. The summed E-state index contributed by atoms with van der Waals surface area (Å²) in [7, 11) is -8.50. The Bertz CT molecular complexity index is 1770. The molecule has 3 N–H and O–H groups in total. The monoisotopic (exact) mass is 792 g/mol. The molecular weight excluding hydrogens is 737 g/mol. The third-order valence-electron chi connectivity index (χ3n) is 9.96. The number of rotatable bonds is 8. The van der Waals surface area contributed by atoms with E-state index in [2.05, 4.69) is 76.2 Å². The molecule has 4 aromatic carbocycles. The van der Waals surface area contributed by atoms with Crippen LogP contribution in [-0.2, 0) is 73.3 Å². The Hall–Kier alpha value is -3.05. The molecule has 12 heteroatoms. The fraction of sp³-hybridized carbons (Fsp3) is 0.429. The number of phosphoric ester groups is 2. The molecule has 0 aromatic heterocycles. The summed E-state index contributed by atoms with van der Waals surface area (Å²) in [6.45, 7) is 16.6. The molecule has 4 aromatic rings. The zero-order valence-electron chi connectivity index (χ0n) is 33.0. The lowest BCUT2D eigenvalue weighted by atomic mass is 9.93. The van der Waals surface area contributed by atoms with E-state index in [9.17, 15) is 18.9 Å². The van der Waals surface area contributed by atoms with Gasteiger partial charge < -0.3 is 22.3 Å². The quantitative estimate of drug-likeness (QED) is 0.118. The van der Waals surface area contributed by atoms with E-state index >= 15 is 0 Å². The van der Waals surface area contributed by atoms with Gasteiger partial charge in [-0.1, -0.05) is 104 Å². The Morgan fingerprint density at radius 3 is 0.796 bits per heavy atom. The van der Waals surface area contributed by atoms with Gasteiger partial charge in [0.05, 0.1) is 0 Å². The van der Waals surface area contributed by atoms with Gasteiger partial charge in [-0.15, -0.1) is 0 Å². The summed E-state index contributed by atoms with van der Waals surface area (Å²) < 4.78 is 54.5. The van der Waals surface area contributed by atoms with Crippen molar-refractivity contribution < 1.29 is 41.2 Å². The number of fused-ring (bicyclic) bond motifs is 4. The highest BCUT2D eigenvalue weighted by Crippen LogP contribution is 2.53. The van der Waals surface area contributed by atoms with Crippen LogP contribution in [0, 0.1) is 0 Å². The van der Waals surface area contributed by atoms with Crippen LogP contribution in [0.4, 0.5) is 0 Å². The zero-order chi connectivity index (χ0) is 39.8. The van der Waals surface area contributed by atoms with Crippen molar-refractivity contribution in [2.24, 2.45) is 0 Å². The maximum atomic E-state index is 12.7. The Balaban J connectivity index is 0.000000230. The molecular formula is C42H55AlO9P2. The summed E-state index contributed by atoms with van der Waals surface area (Å²) in [6.07, 6.45) is 7.85. The van der Waals surface area contributed by atoms with Crippen LogP contribution in [0.5, 0.6) is 23.0 Å². The normalized spacial score (nSPS) is 14.6. The summed E-state index contributed by atoms with van der Waals surface area (Å²) >= 11 is 1.42. The van der Waals surface area contributed by atoms with Crippen LogP contribution in [0.15, 0.2) is 48.5 Å². The highest BCUT2D eigenvalue weighted by Gasteiger charge is 2.34. The molecule has 2 radical (unpaired) electrons. The first kappa shape index (κ1) is 43.7. The van der Waals surface area contributed by atoms with Crippen LogP contribution in [0.2, 0.25) is 0 Å². The first-order chi connectivity index (χ1) is 25.8. The third-order valence-corrected chi connectivity index (χ3v) is 11.6. The summed E-state index contributed by atoms with van der Waals surface area (Å²) in [4.78, 5) is 20.8. The molecule has 0 unspecified atom stereocenters. The highest BCUT2D eigenvalue weighted by molar-refractivity contribution is 7.48. The van der Waals surface area contributed by atoms with Crippen molar-refractivity contribution in [2.75, 3.05) is 0 Å². The lowest BCUT2D eigenvalue weighted by Crippen LogP contribution is -2.11. The smallest absolute Gasteiger partial charge is 0.529 e. The van der Waals surface area contributed by atoms with Gasteiger partial charge in [-0.05, 0) is 118 Å². The molecule has 2 heterocycles. The molecule has 54 heavy (non-hydrogen) atoms. The molecule has 9 nitrogen and oxygen atoms in total. The van der Waals surface area contributed by atoms with Crippen LogP contribution in [0.25, 0.3) is 0 Å². The van der Waals surface area contributed by atoms with Gasteiger partial charge in [0.15, 0.2) is 0 Å². The summed E-state index contributed by atoms with van der Waals surface area (Å²) in [6, 6.07) is 16.6. The van der Waals surface area contributed by atoms with Crippen molar-refractivity contribution in [3.8, 4) is 23.0 Å². The van der Waals surface area contributed by atoms with E-state index in [4.69, 9.17) is 22.3 Å². The number of benzene rings is 4. The fourth-order valence-electron chi connectivity index (χ4n) is 7.08. The molecule has 0 spiro atoms. The molecule has 0 amide bonds. The first-order valence-electron chi connectivity index (χ1n) is 19.1. The molecule has 0 atom stereocenters. The molecule has 0 saturated heterocycles. The molecule has 0 saturated carbocycles. The average molecular weight is 793 g/mol. The van der Waals surface area contributed by atoms with E-state index in [-0.39, 0.29) is 0 Å². The van der Waals surface area contributed by atoms with Crippen molar-refractivity contribution in [1.29, 1.82) is 0 Å². The first-order valence-corrected chi connectivity index (χ1v) is 22.6. The maximum Gasteiger partial charge on any atom is 0.584 e. The lowest BCUT2D eigenvalue weighted by molar-refractivity contribution is 0.283. The molecule has 2 aliphatic heterocycles. The van der Waals surface area contributed by atoms with E-state index in [1.165, 1.54) is 38.9 Å². The fourth-order valence-corrected chi connectivity index (χ4v) is 9.01. The minimum absolute atomic E-state index is 0.501.